The van der Waals surface area contributed by atoms with Crippen LogP contribution >= 0.6 is 0 Å². The average molecular weight is 494 g/mol. The highest BCUT2D eigenvalue weighted by molar-refractivity contribution is 5.99. The molecule has 1 aliphatic rings. The summed E-state index contributed by atoms with van der Waals surface area (Å²) in [5, 5.41) is 18.5. The monoisotopic (exact) mass is 493 g/mol. The Hall–Kier alpha value is -4.23. The number of ether oxygens (including phenoxy) is 2. The lowest BCUT2D eigenvalue weighted by Gasteiger charge is -2.16. The number of rotatable bonds is 6. The Morgan fingerprint density at radius 1 is 1.31 bits per heavy atom. The number of alkyl halides is 1. The van der Waals surface area contributed by atoms with Crippen molar-refractivity contribution >= 4 is 33.8 Å². The summed E-state index contributed by atoms with van der Waals surface area (Å²) in [7, 11) is 3.57. The second-order valence-electron chi connectivity index (χ2n) is 8.61. The van der Waals surface area contributed by atoms with Gasteiger partial charge < -0.3 is 35.2 Å². The van der Waals surface area contributed by atoms with Gasteiger partial charge in [-0.1, -0.05) is 0 Å². The highest BCUT2D eigenvalue weighted by Gasteiger charge is 2.46. The maximum Gasteiger partial charge on any atom is 0.200 e. The van der Waals surface area contributed by atoms with Gasteiger partial charge in [-0.2, -0.15) is 5.10 Å². The van der Waals surface area contributed by atoms with Gasteiger partial charge in [-0.3, -0.25) is 4.68 Å². The van der Waals surface area contributed by atoms with Crippen LogP contribution in [-0.2, 0) is 11.8 Å². The number of nitrogen functional groups attached to an aromatic ring is 1. The molecule has 5 N–H and O–H groups in total. The van der Waals surface area contributed by atoms with Crippen LogP contribution in [-0.4, -0.2) is 71.4 Å². The van der Waals surface area contributed by atoms with Crippen molar-refractivity contribution in [1.29, 1.82) is 0 Å². The Morgan fingerprint density at radius 2 is 2.17 bits per heavy atom. The zero-order valence-electron chi connectivity index (χ0n) is 19.5. The molecule has 4 atom stereocenters. The van der Waals surface area contributed by atoms with E-state index in [1.165, 1.54) is 10.9 Å². The van der Waals surface area contributed by atoms with Crippen molar-refractivity contribution in [3.8, 4) is 17.0 Å². The lowest BCUT2D eigenvalue weighted by molar-refractivity contribution is -0.0410. The summed E-state index contributed by atoms with van der Waals surface area (Å²) >= 11 is 0. The quantitative estimate of drug-likeness (QED) is 0.278. The van der Waals surface area contributed by atoms with Gasteiger partial charge in [0.1, 0.15) is 42.4 Å². The van der Waals surface area contributed by atoms with Crippen molar-refractivity contribution in [3.63, 3.8) is 0 Å². The largest absolute Gasteiger partial charge is 0.491 e. The molecule has 0 amide bonds. The standard InChI is InChI=1S/C23H24FN9O3/c1-26-23-29-14-4-3-11(7-15(14)30-23)35-9-16-19(34)18(24)22(36-16)33-8-12(13-5-6-32(2)31-13)17-20(25)27-10-28-21(17)33/h3-8,10,16,18-19,22,34H,9H2,1-2H3,(H2,25,27,28)(H2,26,29,30)/t16-,18+,19-,22-/m1/s1. The van der Waals surface area contributed by atoms with Crippen LogP contribution in [0.15, 0.2) is 43.0 Å². The summed E-state index contributed by atoms with van der Waals surface area (Å²) in [6, 6.07) is 7.18. The fourth-order valence-corrected chi connectivity index (χ4v) is 4.49. The number of anilines is 2. The fraction of sp³-hybridized carbons (Fsp3) is 0.304. The molecule has 5 heterocycles. The van der Waals surface area contributed by atoms with Crippen LogP contribution in [0.2, 0.25) is 0 Å². The van der Waals surface area contributed by atoms with Crippen molar-refractivity contribution in [2.45, 2.75) is 24.6 Å². The molecule has 186 valence electrons. The molecule has 13 heteroatoms. The number of nitrogens with two attached hydrogens (primary N) is 1. The third kappa shape index (κ3) is 3.60. The molecule has 0 unspecified atom stereocenters. The molecule has 1 saturated heterocycles. The van der Waals surface area contributed by atoms with Gasteiger partial charge in [0, 0.05) is 38.1 Å². The molecule has 1 aliphatic heterocycles. The second kappa shape index (κ2) is 8.46. The molecular weight excluding hydrogens is 469 g/mol. The number of halogens is 1. The molecule has 0 saturated carbocycles. The predicted molar refractivity (Wildman–Crippen MR) is 130 cm³/mol. The first-order valence-corrected chi connectivity index (χ1v) is 11.3. The lowest BCUT2D eigenvalue weighted by Crippen LogP contribution is -2.32. The van der Waals surface area contributed by atoms with E-state index in [0.29, 0.717) is 39.5 Å². The number of imidazole rings is 1. The number of hydrogen-bond acceptors (Lipinski definition) is 9. The zero-order valence-corrected chi connectivity index (χ0v) is 19.5. The molecule has 0 spiro atoms. The number of nitrogens with one attached hydrogen (secondary N) is 2. The number of fused-ring (bicyclic) bond motifs is 2. The van der Waals surface area contributed by atoms with Crippen LogP contribution < -0.4 is 15.8 Å². The van der Waals surface area contributed by atoms with Crippen molar-refractivity contribution in [3.05, 3.63) is 43.0 Å². The van der Waals surface area contributed by atoms with Crippen LogP contribution in [0.1, 0.15) is 6.23 Å². The molecule has 12 nitrogen and oxygen atoms in total. The zero-order chi connectivity index (χ0) is 25.0. The van der Waals surface area contributed by atoms with Gasteiger partial charge in [-0.15, -0.1) is 0 Å². The van der Waals surface area contributed by atoms with Crippen LogP contribution in [0.25, 0.3) is 33.3 Å². The van der Waals surface area contributed by atoms with Gasteiger partial charge >= 0.3 is 0 Å². The smallest absolute Gasteiger partial charge is 0.200 e. The first-order chi connectivity index (χ1) is 17.4. The van der Waals surface area contributed by atoms with Crippen LogP contribution in [0.4, 0.5) is 16.2 Å². The first kappa shape index (κ1) is 22.2. The SMILES string of the molecule is CNc1nc2cc(OC[C@H]3O[C@@H](n4cc(-c5ccn(C)n5)c5c(N)ncnc54)[C@@H](F)[C@@H]3O)ccc2[nH]1. The highest BCUT2D eigenvalue weighted by atomic mass is 19.1. The van der Waals surface area contributed by atoms with Crippen molar-refractivity contribution in [2.24, 2.45) is 7.05 Å². The molecule has 36 heavy (non-hydrogen) atoms. The summed E-state index contributed by atoms with van der Waals surface area (Å²) in [5.74, 6) is 1.40. The van der Waals surface area contributed by atoms with E-state index < -0.39 is 24.6 Å². The molecule has 1 fully saturated rings. The molecule has 5 aromatic rings. The summed E-state index contributed by atoms with van der Waals surface area (Å²) in [4.78, 5) is 15.9. The number of nitrogens with zero attached hydrogens (tertiary/aromatic N) is 6. The van der Waals surface area contributed by atoms with Gasteiger partial charge in [-0.25, -0.2) is 19.3 Å². The van der Waals surface area contributed by atoms with Crippen molar-refractivity contribution in [1.82, 2.24) is 34.3 Å². The molecule has 6 rings (SSSR count). The van der Waals surface area contributed by atoms with Crippen LogP contribution in [0.5, 0.6) is 5.75 Å². The summed E-state index contributed by atoms with van der Waals surface area (Å²) < 4.78 is 30.3. The minimum absolute atomic E-state index is 0.0592. The Balaban J connectivity index is 1.27. The van der Waals surface area contributed by atoms with Crippen molar-refractivity contribution < 1.29 is 19.0 Å². The third-order valence-corrected chi connectivity index (χ3v) is 6.30. The van der Waals surface area contributed by atoms with E-state index in [9.17, 15) is 5.11 Å². The van der Waals surface area contributed by atoms with E-state index in [1.54, 1.807) is 43.3 Å². The topological polar surface area (TPSA) is 154 Å². The Labute approximate surface area is 203 Å². The van der Waals surface area contributed by atoms with Gasteiger partial charge in [0.05, 0.1) is 22.1 Å². The number of aryl methyl sites for hydroxylation is 1. The number of benzene rings is 1. The van der Waals surface area contributed by atoms with E-state index in [2.05, 4.69) is 30.4 Å². The molecular formula is C23H24FN9O3. The summed E-state index contributed by atoms with van der Waals surface area (Å²) in [5.41, 5.74) is 9.36. The lowest BCUT2D eigenvalue weighted by atomic mass is 10.1. The van der Waals surface area contributed by atoms with Crippen LogP contribution in [0, 0.1) is 0 Å². The van der Waals surface area contributed by atoms with E-state index in [4.69, 9.17) is 15.2 Å². The Morgan fingerprint density at radius 3 is 2.94 bits per heavy atom. The van der Waals surface area contributed by atoms with E-state index >= 15 is 4.39 Å². The molecule has 4 aromatic heterocycles. The summed E-state index contributed by atoms with van der Waals surface area (Å²) in [6.07, 6.45) is -0.419. The normalized spacial score (nSPS) is 22.0. The molecule has 0 aliphatic carbocycles. The average Bonchev–Trinajstić information content (AvgIpc) is 3.64. The van der Waals surface area contributed by atoms with Gasteiger partial charge in [-0.05, 0) is 18.2 Å². The number of aliphatic hydroxyl groups is 1. The van der Waals surface area contributed by atoms with E-state index in [0.717, 1.165) is 5.52 Å². The maximum atomic E-state index is 15.4. The number of H-pyrrole nitrogens is 1. The van der Waals surface area contributed by atoms with E-state index in [-0.39, 0.29) is 12.4 Å². The molecule has 0 radical (unpaired) electrons. The van der Waals surface area contributed by atoms with Crippen molar-refractivity contribution in [2.75, 3.05) is 24.7 Å². The second-order valence-corrected chi connectivity index (χ2v) is 8.61. The predicted octanol–water partition coefficient (Wildman–Crippen LogP) is 2.01. The van der Waals surface area contributed by atoms with Gasteiger partial charge in [0.2, 0.25) is 5.95 Å². The third-order valence-electron chi connectivity index (χ3n) is 6.30. The fourth-order valence-electron chi connectivity index (χ4n) is 4.49. The van der Waals surface area contributed by atoms with Crippen LogP contribution in [0.3, 0.4) is 0 Å². The first-order valence-electron chi connectivity index (χ1n) is 11.3. The highest BCUT2D eigenvalue weighted by Crippen LogP contribution is 2.39. The minimum atomic E-state index is -1.73. The maximum absolute atomic E-state index is 15.4. The number of hydrogen-bond donors (Lipinski definition) is 4. The van der Waals surface area contributed by atoms with Gasteiger partial charge in [0.25, 0.3) is 0 Å². The minimum Gasteiger partial charge on any atom is -0.491 e. The van der Waals surface area contributed by atoms with E-state index in [1.807, 2.05) is 12.1 Å². The number of aromatic amines is 1. The number of aromatic nitrogens is 7. The molecule has 1 aromatic carbocycles. The summed E-state index contributed by atoms with van der Waals surface area (Å²) in [6.45, 7) is -0.0592. The Bertz CT molecular complexity index is 1560. The number of aliphatic hydroxyl groups excluding tert-OH is 1. The molecule has 0 bridgehead atoms. The Kier molecular flexibility index (Phi) is 5.23. The van der Waals surface area contributed by atoms with Gasteiger partial charge in [0.15, 0.2) is 12.4 Å².